The number of carbonyl (C=O) groups excluding carboxylic acids is 2. The summed E-state index contributed by atoms with van der Waals surface area (Å²) in [4.78, 5) is 38.4. The van der Waals surface area contributed by atoms with Gasteiger partial charge in [0.05, 0.1) is 29.2 Å². The number of hydrogen-bond acceptors (Lipinski definition) is 7. The van der Waals surface area contributed by atoms with Gasteiger partial charge >= 0.3 is 18.4 Å². The van der Waals surface area contributed by atoms with Gasteiger partial charge in [-0.1, -0.05) is 12.1 Å². The van der Waals surface area contributed by atoms with Crippen LogP contribution in [0.25, 0.3) is 10.9 Å². The molecule has 272 valence electrons. The molecule has 3 heterocycles. The number of fused-ring (bicyclic) bond motifs is 1. The van der Waals surface area contributed by atoms with Gasteiger partial charge in [0.1, 0.15) is 17.2 Å². The van der Waals surface area contributed by atoms with Gasteiger partial charge in [-0.3, -0.25) is 14.5 Å². The van der Waals surface area contributed by atoms with E-state index in [1.54, 1.807) is 46.8 Å². The number of ether oxygens (including phenoxy) is 2. The Morgan fingerprint density at radius 3 is 2.15 bits per heavy atom. The van der Waals surface area contributed by atoms with Gasteiger partial charge in [0.2, 0.25) is 0 Å². The van der Waals surface area contributed by atoms with Gasteiger partial charge in [0, 0.05) is 56.8 Å². The zero-order chi connectivity index (χ0) is 37.2. The highest BCUT2D eigenvalue weighted by Crippen LogP contribution is 2.31. The van der Waals surface area contributed by atoms with Crippen molar-refractivity contribution in [3.05, 3.63) is 107 Å². The minimum absolute atomic E-state index is 0.0165. The molecule has 3 aromatic carbocycles. The monoisotopic (exact) mass is 726 g/mol. The van der Waals surface area contributed by atoms with E-state index in [9.17, 15) is 35.9 Å². The summed E-state index contributed by atoms with van der Waals surface area (Å²) in [5, 5.41) is 3.38. The lowest BCUT2D eigenvalue weighted by Gasteiger charge is -2.34. The minimum atomic E-state index is -4.52. The standard InChI is InChI=1S/C36H32F6N6O4/c1-22-15-25(36(40,41)42)6-10-29(22)32(49)45-26-18-43-34(44-19-26)52-28-9-5-24-16-31(46(2)30(24)17-28)33(50)48-13-11-47(12-14-48)20-23-3-7-27(8-4-23)51-21-35(37,38)39/h3-10,15-19H,11-14,20-21H2,1-2H3,(H,45,49). The largest absolute Gasteiger partial charge is 0.484 e. The summed E-state index contributed by atoms with van der Waals surface area (Å²) in [7, 11) is 1.78. The molecule has 0 aliphatic carbocycles. The van der Waals surface area contributed by atoms with E-state index in [0.717, 1.165) is 34.7 Å². The van der Waals surface area contributed by atoms with Gasteiger partial charge in [0.15, 0.2) is 6.61 Å². The summed E-state index contributed by atoms with van der Waals surface area (Å²) in [6.07, 6.45) is -6.30. The smallest absolute Gasteiger partial charge is 0.422 e. The Kier molecular flexibility index (Phi) is 10.1. The topological polar surface area (TPSA) is 102 Å². The van der Waals surface area contributed by atoms with E-state index in [4.69, 9.17) is 9.47 Å². The highest BCUT2D eigenvalue weighted by Gasteiger charge is 2.31. The van der Waals surface area contributed by atoms with Gasteiger partial charge in [-0.2, -0.15) is 26.3 Å². The van der Waals surface area contributed by atoms with Gasteiger partial charge in [-0.25, -0.2) is 9.97 Å². The van der Waals surface area contributed by atoms with Crippen molar-refractivity contribution in [1.82, 2.24) is 24.3 Å². The molecule has 1 saturated heterocycles. The predicted molar refractivity (Wildman–Crippen MR) is 178 cm³/mol. The van der Waals surface area contributed by atoms with Crippen LogP contribution in [0.5, 0.6) is 17.5 Å². The molecule has 0 bridgehead atoms. The van der Waals surface area contributed by atoms with Crippen LogP contribution < -0.4 is 14.8 Å². The number of amides is 2. The molecular formula is C36H32F6N6O4. The molecule has 1 N–H and O–H groups in total. The number of aryl methyl sites for hydroxylation is 2. The van der Waals surface area contributed by atoms with Crippen molar-refractivity contribution in [2.24, 2.45) is 7.05 Å². The number of halogens is 6. The fraction of sp³-hybridized carbons (Fsp3) is 0.278. The van der Waals surface area contributed by atoms with Crippen LogP contribution in [0, 0.1) is 6.92 Å². The number of nitrogens with zero attached hydrogens (tertiary/aromatic N) is 5. The summed E-state index contributed by atoms with van der Waals surface area (Å²) in [5.41, 5.74) is 1.76. The lowest BCUT2D eigenvalue weighted by atomic mass is 10.0. The van der Waals surface area contributed by atoms with Crippen LogP contribution in [0.4, 0.5) is 32.0 Å². The zero-order valence-electron chi connectivity index (χ0n) is 27.9. The highest BCUT2D eigenvalue weighted by atomic mass is 19.4. The van der Waals surface area contributed by atoms with E-state index < -0.39 is 30.4 Å². The molecular weight excluding hydrogens is 694 g/mol. The molecule has 0 saturated carbocycles. The predicted octanol–water partition coefficient (Wildman–Crippen LogP) is 7.24. The van der Waals surface area contributed by atoms with Crippen molar-refractivity contribution in [3.8, 4) is 17.5 Å². The first-order valence-electron chi connectivity index (χ1n) is 16.0. The number of anilines is 1. The Morgan fingerprint density at radius 2 is 1.52 bits per heavy atom. The normalized spacial score (nSPS) is 14.0. The first-order chi connectivity index (χ1) is 24.6. The molecule has 0 unspecified atom stereocenters. The van der Waals surface area contributed by atoms with Crippen LogP contribution in [0.15, 0.2) is 79.1 Å². The van der Waals surface area contributed by atoms with Crippen molar-refractivity contribution < 1.29 is 45.4 Å². The second-order valence-electron chi connectivity index (χ2n) is 12.3. The van der Waals surface area contributed by atoms with Crippen LogP contribution in [-0.2, 0) is 19.8 Å². The molecule has 2 aromatic heterocycles. The highest BCUT2D eigenvalue weighted by molar-refractivity contribution is 6.05. The summed E-state index contributed by atoms with van der Waals surface area (Å²) in [6.45, 7) is 2.90. The lowest BCUT2D eigenvalue weighted by Crippen LogP contribution is -2.48. The van der Waals surface area contributed by atoms with Crippen molar-refractivity contribution >= 4 is 28.4 Å². The lowest BCUT2D eigenvalue weighted by molar-refractivity contribution is -0.153. The fourth-order valence-electron chi connectivity index (χ4n) is 5.80. The third kappa shape index (κ3) is 8.62. The van der Waals surface area contributed by atoms with E-state index >= 15 is 0 Å². The molecule has 1 aliphatic heterocycles. The molecule has 1 aliphatic rings. The van der Waals surface area contributed by atoms with Crippen LogP contribution in [0.3, 0.4) is 0 Å². The summed E-state index contributed by atoms with van der Waals surface area (Å²) >= 11 is 0. The van der Waals surface area contributed by atoms with E-state index in [1.165, 1.54) is 31.5 Å². The molecule has 2 amide bonds. The van der Waals surface area contributed by atoms with E-state index in [0.29, 0.717) is 44.2 Å². The number of carbonyl (C=O) groups is 2. The summed E-state index contributed by atoms with van der Waals surface area (Å²) in [5.74, 6) is -0.193. The molecule has 16 heteroatoms. The average Bonchev–Trinajstić information content (AvgIpc) is 3.43. The maximum Gasteiger partial charge on any atom is 0.422 e. The maximum absolute atomic E-state index is 13.5. The molecule has 52 heavy (non-hydrogen) atoms. The van der Waals surface area contributed by atoms with Gasteiger partial charge in [-0.15, -0.1) is 0 Å². The van der Waals surface area contributed by atoms with Crippen LogP contribution in [0.2, 0.25) is 0 Å². The van der Waals surface area contributed by atoms with Gasteiger partial charge in [-0.05, 0) is 66.6 Å². The van der Waals surface area contributed by atoms with Gasteiger partial charge < -0.3 is 24.3 Å². The summed E-state index contributed by atoms with van der Waals surface area (Å²) in [6, 6.07) is 16.4. The van der Waals surface area contributed by atoms with Gasteiger partial charge in [0.25, 0.3) is 11.8 Å². The van der Waals surface area contributed by atoms with Crippen LogP contribution in [0.1, 0.15) is 37.5 Å². The maximum atomic E-state index is 13.5. The van der Waals surface area contributed by atoms with Crippen LogP contribution in [-0.4, -0.2) is 75.1 Å². The number of alkyl halides is 6. The molecule has 10 nitrogen and oxygen atoms in total. The van der Waals surface area contributed by atoms with Crippen molar-refractivity contribution in [1.29, 1.82) is 0 Å². The van der Waals surface area contributed by atoms with E-state index in [2.05, 4.69) is 20.2 Å². The molecule has 0 radical (unpaired) electrons. The average molecular weight is 727 g/mol. The quantitative estimate of drug-likeness (QED) is 0.160. The van der Waals surface area contributed by atoms with Crippen LogP contribution >= 0.6 is 0 Å². The Hall–Kier alpha value is -5.64. The van der Waals surface area contributed by atoms with Crippen molar-refractivity contribution in [2.75, 3.05) is 38.1 Å². The number of hydrogen-bond donors (Lipinski definition) is 1. The van der Waals surface area contributed by atoms with Crippen molar-refractivity contribution in [2.45, 2.75) is 25.8 Å². The Morgan fingerprint density at radius 1 is 0.846 bits per heavy atom. The first-order valence-corrected chi connectivity index (χ1v) is 16.0. The SMILES string of the molecule is Cc1cc(C(F)(F)F)ccc1C(=O)Nc1cnc(Oc2ccc3cc(C(=O)N4CCN(Cc5ccc(OCC(F)(F)F)cc5)CC4)n(C)c3c2)nc1. The molecule has 0 spiro atoms. The Balaban J connectivity index is 1.03. The Labute approximate surface area is 293 Å². The Bertz CT molecular complexity index is 2070. The molecule has 0 atom stereocenters. The molecule has 5 aromatic rings. The number of piperazine rings is 1. The third-order valence-electron chi connectivity index (χ3n) is 8.52. The minimum Gasteiger partial charge on any atom is -0.484 e. The number of aromatic nitrogens is 3. The molecule has 6 rings (SSSR count). The number of benzene rings is 3. The number of nitrogens with one attached hydrogen (secondary N) is 1. The van der Waals surface area contributed by atoms with Crippen molar-refractivity contribution in [3.63, 3.8) is 0 Å². The van der Waals surface area contributed by atoms with E-state index in [-0.39, 0.29) is 34.5 Å². The van der Waals surface area contributed by atoms with E-state index in [1.807, 2.05) is 6.07 Å². The first kappa shape index (κ1) is 36.2. The second kappa shape index (κ2) is 14.5. The molecule has 1 fully saturated rings. The zero-order valence-corrected chi connectivity index (χ0v) is 27.9. The number of rotatable bonds is 9. The fourth-order valence-corrected chi connectivity index (χ4v) is 5.80. The summed E-state index contributed by atoms with van der Waals surface area (Å²) < 4.78 is 88.5. The second-order valence-corrected chi connectivity index (χ2v) is 12.3. The third-order valence-corrected chi connectivity index (χ3v) is 8.52.